The molecule has 0 spiro atoms. The van der Waals surface area contributed by atoms with E-state index in [4.69, 9.17) is 4.74 Å². The smallest absolute Gasteiger partial charge is 0.119 e. The molecule has 2 aliphatic rings. The lowest BCUT2D eigenvalue weighted by atomic mass is 9.95. The Kier molecular flexibility index (Phi) is 5.92. The number of ether oxygens (including phenoxy) is 1. The van der Waals surface area contributed by atoms with Crippen molar-refractivity contribution < 1.29 is 4.74 Å². The van der Waals surface area contributed by atoms with Crippen LogP contribution >= 0.6 is 0 Å². The Morgan fingerprint density at radius 1 is 1.17 bits per heavy atom. The van der Waals surface area contributed by atoms with Crippen LogP contribution in [0.2, 0.25) is 0 Å². The second-order valence-corrected chi connectivity index (χ2v) is 7.06. The molecule has 2 saturated heterocycles. The fraction of sp³-hybridized carbons (Fsp3) is 0.684. The van der Waals surface area contributed by atoms with Crippen LogP contribution in [0.1, 0.15) is 31.4 Å². The van der Waals surface area contributed by atoms with E-state index in [9.17, 15) is 0 Å². The van der Waals surface area contributed by atoms with Gasteiger partial charge in [-0.05, 0) is 49.5 Å². The van der Waals surface area contributed by atoms with Crippen molar-refractivity contribution in [1.82, 2.24) is 15.1 Å². The number of benzene rings is 1. The van der Waals surface area contributed by atoms with E-state index >= 15 is 0 Å². The molecular weight excluding hydrogens is 286 g/mol. The molecule has 0 aromatic heterocycles. The number of nitrogens with one attached hydrogen (secondary N) is 1. The largest absolute Gasteiger partial charge is 0.497 e. The predicted molar refractivity (Wildman–Crippen MR) is 95.0 cm³/mol. The number of piperazine rings is 1. The Morgan fingerprint density at radius 3 is 2.61 bits per heavy atom. The first kappa shape index (κ1) is 16.7. The molecule has 1 atom stereocenters. The molecular formula is C19H31N3O. The van der Waals surface area contributed by atoms with E-state index in [0.717, 1.165) is 44.4 Å². The van der Waals surface area contributed by atoms with Gasteiger partial charge in [0.1, 0.15) is 5.75 Å². The van der Waals surface area contributed by atoms with Crippen LogP contribution in [0.3, 0.4) is 0 Å². The first-order valence-electron chi connectivity index (χ1n) is 9.07. The minimum atomic E-state index is 0.482. The van der Waals surface area contributed by atoms with Crippen molar-refractivity contribution in [2.24, 2.45) is 5.92 Å². The van der Waals surface area contributed by atoms with Crippen LogP contribution in [-0.2, 0) is 0 Å². The Morgan fingerprint density at radius 2 is 1.91 bits per heavy atom. The molecule has 1 aromatic carbocycles. The zero-order valence-electron chi connectivity index (χ0n) is 14.6. The summed E-state index contributed by atoms with van der Waals surface area (Å²) in [7, 11) is 1.76. The molecule has 3 rings (SSSR count). The van der Waals surface area contributed by atoms with Crippen LogP contribution in [0.5, 0.6) is 5.75 Å². The van der Waals surface area contributed by atoms with E-state index in [-0.39, 0.29) is 0 Å². The maximum absolute atomic E-state index is 5.46. The lowest BCUT2D eigenvalue weighted by Gasteiger charge is -2.40. The third kappa shape index (κ3) is 4.46. The molecule has 0 saturated carbocycles. The number of hydrogen-bond donors (Lipinski definition) is 1. The van der Waals surface area contributed by atoms with E-state index in [1.54, 1.807) is 7.11 Å². The lowest BCUT2D eigenvalue weighted by Crippen LogP contribution is -2.48. The second-order valence-electron chi connectivity index (χ2n) is 7.06. The van der Waals surface area contributed by atoms with Gasteiger partial charge in [0.05, 0.1) is 7.11 Å². The molecule has 23 heavy (non-hydrogen) atoms. The summed E-state index contributed by atoms with van der Waals surface area (Å²) in [6.45, 7) is 10.5. The Labute approximate surface area is 140 Å². The van der Waals surface area contributed by atoms with Gasteiger partial charge in [-0.2, -0.15) is 0 Å². The van der Waals surface area contributed by atoms with Gasteiger partial charge in [-0.3, -0.25) is 9.80 Å². The number of rotatable bonds is 5. The molecule has 0 aliphatic carbocycles. The van der Waals surface area contributed by atoms with E-state index in [1.807, 2.05) is 6.07 Å². The normalized spacial score (nSPS) is 22.9. The van der Waals surface area contributed by atoms with Crippen molar-refractivity contribution in [2.75, 3.05) is 52.9 Å². The van der Waals surface area contributed by atoms with Crippen LogP contribution in [-0.4, -0.2) is 62.7 Å². The number of methoxy groups -OCH3 is 1. The van der Waals surface area contributed by atoms with Crippen LogP contribution in [0.15, 0.2) is 24.3 Å². The van der Waals surface area contributed by atoms with Gasteiger partial charge in [-0.25, -0.2) is 0 Å². The Hall–Kier alpha value is -1.10. The highest BCUT2D eigenvalue weighted by Crippen LogP contribution is 2.29. The average Bonchev–Trinajstić information content (AvgIpc) is 2.61. The van der Waals surface area contributed by atoms with Crippen molar-refractivity contribution in [3.05, 3.63) is 29.8 Å². The quantitative estimate of drug-likeness (QED) is 0.902. The first-order chi connectivity index (χ1) is 11.3. The molecule has 128 valence electrons. The van der Waals surface area contributed by atoms with Crippen molar-refractivity contribution >= 4 is 0 Å². The summed E-state index contributed by atoms with van der Waals surface area (Å²) in [5.74, 6) is 1.84. The average molecular weight is 317 g/mol. The zero-order valence-corrected chi connectivity index (χ0v) is 14.6. The fourth-order valence-corrected chi connectivity index (χ4v) is 3.76. The first-order valence-corrected chi connectivity index (χ1v) is 9.07. The predicted octanol–water partition coefficient (Wildman–Crippen LogP) is 2.37. The van der Waals surface area contributed by atoms with Gasteiger partial charge in [0.2, 0.25) is 0 Å². The third-order valence-corrected chi connectivity index (χ3v) is 5.38. The zero-order chi connectivity index (χ0) is 16.1. The summed E-state index contributed by atoms with van der Waals surface area (Å²) < 4.78 is 5.46. The molecule has 0 radical (unpaired) electrons. The van der Waals surface area contributed by atoms with Gasteiger partial charge in [0.15, 0.2) is 0 Å². The fourth-order valence-electron chi connectivity index (χ4n) is 3.76. The molecule has 4 nitrogen and oxygen atoms in total. The molecule has 1 aromatic rings. The molecule has 1 N–H and O–H groups in total. The van der Waals surface area contributed by atoms with Crippen molar-refractivity contribution in [2.45, 2.75) is 25.8 Å². The summed E-state index contributed by atoms with van der Waals surface area (Å²) in [5, 5.41) is 3.46. The summed E-state index contributed by atoms with van der Waals surface area (Å²) in [6, 6.07) is 9.16. The highest BCUT2D eigenvalue weighted by atomic mass is 16.5. The van der Waals surface area contributed by atoms with E-state index in [2.05, 4.69) is 40.2 Å². The third-order valence-electron chi connectivity index (χ3n) is 5.38. The lowest BCUT2D eigenvalue weighted by molar-refractivity contribution is 0.0968. The second kappa shape index (κ2) is 8.13. The summed E-state index contributed by atoms with van der Waals surface area (Å²) in [4.78, 5) is 5.30. The standard InChI is InChI=1S/C19H31N3O/c1-16-6-10-22(11-7-16)19(15-21-12-8-20-9-13-21)17-4-3-5-18(14-17)23-2/h3-5,14,16,19-20H,6-13,15H2,1-2H3. The van der Waals surface area contributed by atoms with E-state index < -0.39 is 0 Å². The Balaban J connectivity index is 1.76. The van der Waals surface area contributed by atoms with Gasteiger partial charge in [-0.15, -0.1) is 0 Å². The SMILES string of the molecule is COc1cccc(C(CN2CCNCC2)N2CCC(C)CC2)c1. The van der Waals surface area contributed by atoms with Gasteiger partial charge in [0, 0.05) is 38.8 Å². The summed E-state index contributed by atoms with van der Waals surface area (Å²) in [5.41, 5.74) is 1.40. The molecule has 2 aliphatic heterocycles. The van der Waals surface area contributed by atoms with Crippen LogP contribution in [0.25, 0.3) is 0 Å². The number of nitrogens with zero attached hydrogens (tertiary/aromatic N) is 2. The molecule has 2 heterocycles. The highest BCUT2D eigenvalue weighted by molar-refractivity contribution is 5.31. The monoisotopic (exact) mass is 317 g/mol. The Bertz CT molecular complexity index is 479. The summed E-state index contributed by atoms with van der Waals surface area (Å²) >= 11 is 0. The van der Waals surface area contributed by atoms with Gasteiger partial charge in [-0.1, -0.05) is 19.1 Å². The van der Waals surface area contributed by atoms with Crippen molar-refractivity contribution in [1.29, 1.82) is 0 Å². The van der Waals surface area contributed by atoms with Crippen molar-refractivity contribution in [3.63, 3.8) is 0 Å². The maximum atomic E-state index is 5.46. The topological polar surface area (TPSA) is 27.7 Å². The molecule has 0 bridgehead atoms. The molecule has 0 amide bonds. The van der Waals surface area contributed by atoms with E-state index in [1.165, 1.54) is 31.5 Å². The van der Waals surface area contributed by atoms with Crippen LogP contribution in [0, 0.1) is 5.92 Å². The highest BCUT2D eigenvalue weighted by Gasteiger charge is 2.27. The molecule has 1 unspecified atom stereocenters. The van der Waals surface area contributed by atoms with Gasteiger partial charge in [0.25, 0.3) is 0 Å². The van der Waals surface area contributed by atoms with Crippen LogP contribution < -0.4 is 10.1 Å². The van der Waals surface area contributed by atoms with Crippen molar-refractivity contribution in [3.8, 4) is 5.75 Å². The molecule has 4 heteroatoms. The minimum absolute atomic E-state index is 0.482. The van der Waals surface area contributed by atoms with Crippen LogP contribution in [0.4, 0.5) is 0 Å². The molecule has 2 fully saturated rings. The van der Waals surface area contributed by atoms with Gasteiger partial charge < -0.3 is 10.1 Å². The number of hydrogen-bond acceptors (Lipinski definition) is 4. The van der Waals surface area contributed by atoms with Gasteiger partial charge >= 0.3 is 0 Å². The minimum Gasteiger partial charge on any atom is -0.497 e. The number of likely N-dealkylation sites (tertiary alicyclic amines) is 1. The van der Waals surface area contributed by atoms with E-state index in [0.29, 0.717) is 6.04 Å². The summed E-state index contributed by atoms with van der Waals surface area (Å²) in [6.07, 6.45) is 2.64. The number of piperidine rings is 1. The maximum Gasteiger partial charge on any atom is 0.119 e.